The molecule has 0 aromatic rings. The molecule has 2 heterocycles. The molecule has 0 spiro atoms. The molecule has 0 bridgehead atoms. The predicted octanol–water partition coefficient (Wildman–Crippen LogP) is 5.18. The van der Waals surface area contributed by atoms with Crippen LogP contribution in [-0.2, 0) is 0 Å². The molecule has 0 radical (unpaired) electrons. The maximum Gasteiger partial charge on any atom is 0.0313 e. The molecule has 2 aliphatic rings. The van der Waals surface area contributed by atoms with Gasteiger partial charge in [-0.05, 0) is 72.1 Å². The maximum absolute atomic E-state index is 2.56. The molecular formula is C20H36N2. The lowest BCUT2D eigenvalue weighted by atomic mass is 9.92. The molecule has 3 atom stereocenters. The molecule has 1 unspecified atom stereocenters. The van der Waals surface area contributed by atoms with Crippen LogP contribution in [0.1, 0.15) is 73.1 Å². The summed E-state index contributed by atoms with van der Waals surface area (Å²) in [7, 11) is 4.57. The Morgan fingerprint density at radius 3 is 2.18 bits per heavy atom. The molecule has 0 aromatic carbocycles. The zero-order valence-electron chi connectivity index (χ0n) is 15.9. The van der Waals surface area contributed by atoms with Gasteiger partial charge in [0.2, 0.25) is 0 Å². The van der Waals surface area contributed by atoms with Gasteiger partial charge in [0.05, 0.1) is 0 Å². The molecule has 2 fully saturated rings. The molecule has 0 aliphatic carbocycles. The Morgan fingerprint density at radius 2 is 1.68 bits per heavy atom. The van der Waals surface area contributed by atoms with E-state index in [-0.39, 0.29) is 0 Å². The summed E-state index contributed by atoms with van der Waals surface area (Å²) in [6.45, 7) is 11.7. The van der Waals surface area contributed by atoms with E-state index in [1.54, 1.807) is 17.0 Å². The highest BCUT2D eigenvalue weighted by Crippen LogP contribution is 2.35. The summed E-state index contributed by atoms with van der Waals surface area (Å²) in [4.78, 5) is 5.06. The summed E-state index contributed by atoms with van der Waals surface area (Å²) in [5, 5.41) is 0. The van der Waals surface area contributed by atoms with Crippen LogP contribution in [0, 0.1) is 5.92 Å². The monoisotopic (exact) mass is 304 g/mol. The first-order chi connectivity index (χ1) is 10.3. The Bertz CT molecular complexity index is 456. The predicted molar refractivity (Wildman–Crippen MR) is 96.7 cm³/mol. The lowest BCUT2D eigenvalue weighted by Gasteiger charge is -2.29. The van der Waals surface area contributed by atoms with Crippen LogP contribution in [0.25, 0.3) is 0 Å². The van der Waals surface area contributed by atoms with Gasteiger partial charge in [0.15, 0.2) is 0 Å². The summed E-state index contributed by atoms with van der Waals surface area (Å²) < 4.78 is 0. The molecule has 0 saturated carbocycles. The van der Waals surface area contributed by atoms with Gasteiger partial charge in [-0.2, -0.15) is 0 Å². The van der Waals surface area contributed by atoms with Crippen molar-refractivity contribution in [2.75, 3.05) is 14.1 Å². The summed E-state index contributed by atoms with van der Waals surface area (Å²) in [6.07, 6.45) is 7.81. The van der Waals surface area contributed by atoms with E-state index in [0.29, 0.717) is 0 Å². The molecular weight excluding hydrogens is 268 g/mol. The Hall–Kier alpha value is -0.920. The SMILES string of the molecule is CC(C)=C1CC[C@H](C(C)CC/C(C)=C2\CC[C@@H](C)N2C)N1C. The maximum atomic E-state index is 2.56. The number of rotatable bonds is 4. The molecule has 22 heavy (non-hydrogen) atoms. The molecule has 2 rings (SSSR count). The smallest absolute Gasteiger partial charge is 0.0313 e. The Labute approximate surface area is 138 Å². The largest absolute Gasteiger partial charge is 0.375 e. The normalized spacial score (nSPS) is 29.3. The average Bonchev–Trinajstić information content (AvgIpc) is 3.00. The quantitative estimate of drug-likeness (QED) is 0.706. The van der Waals surface area contributed by atoms with Crippen LogP contribution in [0.4, 0.5) is 0 Å². The topological polar surface area (TPSA) is 6.48 Å². The first-order valence-corrected chi connectivity index (χ1v) is 9.13. The summed E-state index contributed by atoms with van der Waals surface area (Å²) in [5.41, 5.74) is 6.32. The van der Waals surface area contributed by atoms with Gasteiger partial charge in [0, 0.05) is 37.6 Å². The second-order valence-electron chi connectivity index (χ2n) is 7.91. The van der Waals surface area contributed by atoms with Gasteiger partial charge < -0.3 is 9.80 Å². The standard InChI is InChI=1S/C20H36N2/c1-14(2)18-12-13-20(22(18)7)16(4)9-8-15(3)19-11-10-17(5)21(19)6/h16-17,20H,8-13H2,1-7H3/b19-15+/t16?,17-,20-/m1/s1. The average molecular weight is 305 g/mol. The first kappa shape index (κ1) is 17.4. The van der Waals surface area contributed by atoms with Gasteiger partial charge >= 0.3 is 0 Å². The number of nitrogens with zero attached hydrogens (tertiary/aromatic N) is 2. The minimum Gasteiger partial charge on any atom is -0.375 e. The summed E-state index contributed by atoms with van der Waals surface area (Å²) in [5.74, 6) is 0.779. The zero-order chi connectivity index (χ0) is 16.4. The van der Waals surface area contributed by atoms with Crippen LogP contribution in [-0.4, -0.2) is 36.0 Å². The van der Waals surface area contributed by atoms with Crippen molar-refractivity contribution in [3.63, 3.8) is 0 Å². The highest BCUT2D eigenvalue weighted by atomic mass is 15.2. The van der Waals surface area contributed by atoms with Crippen LogP contribution >= 0.6 is 0 Å². The number of allylic oxidation sites excluding steroid dienone is 4. The van der Waals surface area contributed by atoms with E-state index >= 15 is 0 Å². The molecule has 2 nitrogen and oxygen atoms in total. The van der Waals surface area contributed by atoms with Gasteiger partial charge in [-0.15, -0.1) is 0 Å². The minimum atomic E-state index is 0.726. The second-order valence-corrected chi connectivity index (χ2v) is 7.91. The van der Waals surface area contributed by atoms with Crippen LogP contribution in [0.5, 0.6) is 0 Å². The molecule has 0 N–H and O–H groups in total. The van der Waals surface area contributed by atoms with Crippen molar-refractivity contribution in [1.82, 2.24) is 9.80 Å². The van der Waals surface area contributed by atoms with E-state index in [1.165, 1.54) is 44.1 Å². The zero-order valence-corrected chi connectivity index (χ0v) is 15.9. The molecule has 2 aliphatic heterocycles. The highest BCUT2D eigenvalue weighted by molar-refractivity contribution is 5.17. The fraction of sp³-hybridized carbons (Fsp3) is 0.800. The fourth-order valence-corrected chi connectivity index (χ4v) is 4.40. The summed E-state index contributed by atoms with van der Waals surface area (Å²) in [6, 6.07) is 1.46. The third-order valence-corrected chi connectivity index (χ3v) is 6.19. The minimum absolute atomic E-state index is 0.726. The third-order valence-electron chi connectivity index (χ3n) is 6.19. The second kappa shape index (κ2) is 7.10. The van der Waals surface area contributed by atoms with E-state index < -0.39 is 0 Å². The molecule has 126 valence electrons. The van der Waals surface area contributed by atoms with E-state index in [9.17, 15) is 0 Å². The number of hydrogen-bond donors (Lipinski definition) is 0. The van der Waals surface area contributed by atoms with Gasteiger partial charge in [0.25, 0.3) is 0 Å². The van der Waals surface area contributed by atoms with Crippen molar-refractivity contribution >= 4 is 0 Å². The lowest BCUT2D eigenvalue weighted by Crippen LogP contribution is -2.30. The van der Waals surface area contributed by atoms with Crippen LogP contribution in [0.3, 0.4) is 0 Å². The molecule has 0 amide bonds. The van der Waals surface area contributed by atoms with Crippen molar-refractivity contribution in [2.24, 2.45) is 5.92 Å². The van der Waals surface area contributed by atoms with Crippen molar-refractivity contribution < 1.29 is 0 Å². The van der Waals surface area contributed by atoms with Crippen molar-refractivity contribution in [3.05, 3.63) is 22.5 Å². The van der Waals surface area contributed by atoms with Gasteiger partial charge in [0.1, 0.15) is 0 Å². The van der Waals surface area contributed by atoms with E-state index in [4.69, 9.17) is 0 Å². The third kappa shape index (κ3) is 3.52. The van der Waals surface area contributed by atoms with Gasteiger partial charge in [-0.1, -0.05) is 18.1 Å². The molecule has 0 aromatic heterocycles. The Balaban J connectivity index is 1.92. The van der Waals surface area contributed by atoms with Gasteiger partial charge in [-0.3, -0.25) is 0 Å². The molecule has 2 saturated heterocycles. The molecule has 2 heteroatoms. The van der Waals surface area contributed by atoms with E-state index in [1.807, 2.05) is 0 Å². The van der Waals surface area contributed by atoms with Crippen molar-refractivity contribution in [2.45, 2.75) is 85.2 Å². The lowest BCUT2D eigenvalue weighted by molar-refractivity contribution is 0.253. The van der Waals surface area contributed by atoms with Crippen LogP contribution < -0.4 is 0 Å². The van der Waals surface area contributed by atoms with Crippen molar-refractivity contribution in [3.8, 4) is 0 Å². The van der Waals surface area contributed by atoms with E-state index in [2.05, 4.69) is 58.5 Å². The van der Waals surface area contributed by atoms with Crippen molar-refractivity contribution in [1.29, 1.82) is 0 Å². The van der Waals surface area contributed by atoms with E-state index in [0.717, 1.165) is 18.0 Å². The first-order valence-electron chi connectivity index (χ1n) is 9.13. The summed E-state index contributed by atoms with van der Waals surface area (Å²) >= 11 is 0. The van der Waals surface area contributed by atoms with Gasteiger partial charge in [-0.25, -0.2) is 0 Å². The van der Waals surface area contributed by atoms with Crippen LogP contribution in [0.15, 0.2) is 22.5 Å². The number of hydrogen-bond acceptors (Lipinski definition) is 2. The number of likely N-dealkylation sites (tertiary alicyclic amines) is 2. The Kier molecular flexibility index (Phi) is 5.63. The highest BCUT2D eigenvalue weighted by Gasteiger charge is 2.30. The fourth-order valence-electron chi connectivity index (χ4n) is 4.40. The Morgan fingerprint density at radius 1 is 1.05 bits per heavy atom. The van der Waals surface area contributed by atoms with Crippen LogP contribution in [0.2, 0.25) is 0 Å².